The molecular formula is C24H18Cl2O4. The van der Waals surface area contributed by atoms with Crippen molar-refractivity contribution in [3.63, 3.8) is 0 Å². The first-order valence-electron chi connectivity index (χ1n) is 9.37. The van der Waals surface area contributed by atoms with E-state index >= 15 is 0 Å². The van der Waals surface area contributed by atoms with E-state index in [1.54, 1.807) is 24.3 Å². The zero-order chi connectivity index (χ0) is 21.1. The molecule has 1 heterocycles. The average molecular weight is 441 g/mol. The van der Waals surface area contributed by atoms with E-state index in [0.717, 1.165) is 11.3 Å². The molecule has 0 N–H and O–H groups in total. The predicted octanol–water partition coefficient (Wildman–Crippen LogP) is 6.53. The summed E-state index contributed by atoms with van der Waals surface area (Å²) in [5.41, 5.74) is 1.49. The van der Waals surface area contributed by atoms with Gasteiger partial charge < -0.3 is 13.9 Å². The zero-order valence-corrected chi connectivity index (χ0v) is 17.7. The Morgan fingerprint density at radius 3 is 2.33 bits per heavy atom. The van der Waals surface area contributed by atoms with Crippen LogP contribution in [0.25, 0.3) is 22.3 Å². The van der Waals surface area contributed by atoms with Gasteiger partial charge in [-0.15, -0.1) is 0 Å². The number of hydrogen-bond donors (Lipinski definition) is 0. The molecule has 1 aromatic heterocycles. The summed E-state index contributed by atoms with van der Waals surface area (Å²) in [5, 5.41) is 1.29. The smallest absolute Gasteiger partial charge is 0.235 e. The first-order valence-corrected chi connectivity index (χ1v) is 10.1. The van der Waals surface area contributed by atoms with Crippen LogP contribution in [-0.4, -0.2) is 13.2 Å². The lowest BCUT2D eigenvalue weighted by Crippen LogP contribution is -2.15. The van der Waals surface area contributed by atoms with Crippen LogP contribution < -0.4 is 14.9 Å². The highest BCUT2D eigenvalue weighted by Gasteiger charge is 2.20. The Labute approximate surface area is 183 Å². The normalized spacial score (nSPS) is 10.9. The minimum atomic E-state index is -0.312. The van der Waals surface area contributed by atoms with Gasteiger partial charge in [0.2, 0.25) is 11.2 Å². The third-order valence-corrected chi connectivity index (χ3v) is 5.33. The summed E-state index contributed by atoms with van der Waals surface area (Å²) in [4.78, 5) is 13.2. The van der Waals surface area contributed by atoms with E-state index in [4.69, 9.17) is 37.1 Å². The molecule has 0 bridgehead atoms. The Kier molecular flexibility index (Phi) is 5.98. The van der Waals surface area contributed by atoms with E-state index < -0.39 is 0 Å². The monoisotopic (exact) mass is 440 g/mol. The molecule has 0 atom stereocenters. The van der Waals surface area contributed by atoms with E-state index in [-0.39, 0.29) is 30.2 Å². The summed E-state index contributed by atoms with van der Waals surface area (Å²) in [6, 6.07) is 19.9. The van der Waals surface area contributed by atoms with Crippen LogP contribution in [0.1, 0.15) is 5.56 Å². The van der Waals surface area contributed by atoms with Gasteiger partial charge in [0.15, 0.2) is 5.76 Å². The van der Waals surface area contributed by atoms with Gasteiger partial charge in [-0.3, -0.25) is 4.79 Å². The van der Waals surface area contributed by atoms with Crippen molar-refractivity contribution in [3.05, 3.63) is 92.6 Å². The van der Waals surface area contributed by atoms with Crippen molar-refractivity contribution in [1.82, 2.24) is 0 Å². The minimum absolute atomic E-state index is 0.0761. The number of benzene rings is 3. The maximum absolute atomic E-state index is 13.2. The molecule has 152 valence electrons. The third kappa shape index (κ3) is 4.16. The molecule has 0 fully saturated rings. The first kappa shape index (κ1) is 20.3. The van der Waals surface area contributed by atoms with Gasteiger partial charge in [0.05, 0.1) is 10.4 Å². The molecule has 4 aromatic rings. The van der Waals surface area contributed by atoms with Crippen LogP contribution in [0.4, 0.5) is 0 Å². The Morgan fingerprint density at radius 1 is 0.867 bits per heavy atom. The predicted molar refractivity (Wildman–Crippen MR) is 120 cm³/mol. The van der Waals surface area contributed by atoms with Crippen LogP contribution in [0.15, 0.2) is 75.9 Å². The molecule has 0 radical (unpaired) electrons. The number of fused-ring (bicyclic) bond motifs is 1. The molecule has 3 aromatic carbocycles. The van der Waals surface area contributed by atoms with E-state index in [1.807, 2.05) is 49.4 Å². The van der Waals surface area contributed by atoms with Crippen molar-refractivity contribution >= 4 is 34.2 Å². The number of hydrogen-bond acceptors (Lipinski definition) is 4. The molecule has 6 heteroatoms. The summed E-state index contributed by atoms with van der Waals surface area (Å²) >= 11 is 12.6. The summed E-state index contributed by atoms with van der Waals surface area (Å²) in [7, 11) is 0. The summed E-state index contributed by atoms with van der Waals surface area (Å²) in [5.74, 6) is 1.08. The number of halogens is 2. The largest absolute Gasteiger partial charge is 0.490 e. The standard InChI is InChI=1S/C24H18Cl2O4/c1-15-13-21-18(14-20(15)26)22(27)24(23(30-21)17-9-5-6-10-19(17)25)29-12-11-28-16-7-3-2-4-8-16/h2-10,13-14H,11-12H2,1H3. The zero-order valence-electron chi connectivity index (χ0n) is 16.2. The maximum Gasteiger partial charge on any atom is 0.235 e. The van der Waals surface area contributed by atoms with Gasteiger partial charge in [-0.05, 0) is 48.9 Å². The van der Waals surface area contributed by atoms with Crippen LogP contribution >= 0.6 is 23.2 Å². The van der Waals surface area contributed by atoms with E-state index in [0.29, 0.717) is 26.6 Å². The molecule has 4 nitrogen and oxygen atoms in total. The second-order valence-corrected chi connectivity index (χ2v) is 7.49. The minimum Gasteiger partial charge on any atom is -0.490 e. The lowest BCUT2D eigenvalue weighted by molar-refractivity contribution is 0.214. The summed E-state index contributed by atoms with van der Waals surface area (Å²) < 4.78 is 17.6. The van der Waals surface area contributed by atoms with Crippen LogP contribution in [0, 0.1) is 6.92 Å². The molecule has 0 spiro atoms. The quantitative estimate of drug-likeness (QED) is 0.319. The van der Waals surface area contributed by atoms with E-state index in [1.165, 1.54) is 0 Å². The fourth-order valence-corrected chi connectivity index (χ4v) is 3.46. The molecule has 0 aliphatic carbocycles. The van der Waals surface area contributed by atoms with E-state index in [9.17, 15) is 4.79 Å². The number of para-hydroxylation sites is 1. The lowest BCUT2D eigenvalue weighted by Gasteiger charge is -2.13. The molecule has 4 rings (SSSR count). The molecule has 0 amide bonds. The van der Waals surface area contributed by atoms with Crippen molar-refractivity contribution in [3.8, 4) is 22.8 Å². The van der Waals surface area contributed by atoms with Gasteiger partial charge in [-0.2, -0.15) is 0 Å². The van der Waals surface area contributed by atoms with Gasteiger partial charge in [0.25, 0.3) is 0 Å². The van der Waals surface area contributed by atoms with E-state index in [2.05, 4.69) is 0 Å². The Balaban J connectivity index is 1.73. The molecule has 30 heavy (non-hydrogen) atoms. The molecule has 0 saturated heterocycles. The highest BCUT2D eigenvalue weighted by atomic mass is 35.5. The first-order chi connectivity index (χ1) is 14.5. The molecule has 0 aliphatic heterocycles. The van der Waals surface area contributed by atoms with Gasteiger partial charge >= 0.3 is 0 Å². The van der Waals surface area contributed by atoms with Crippen molar-refractivity contribution in [1.29, 1.82) is 0 Å². The summed E-state index contributed by atoms with van der Waals surface area (Å²) in [6.45, 7) is 2.27. The van der Waals surface area contributed by atoms with Crippen LogP contribution in [0.2, 0.25) is 10.0 Å². The second-order valence-electron chi connectivity index (χ2n) is 6.68. The van der Waals surface area contributed by atoms with Gasteiger partial charge in [0.1, 0.15) is 24.5 Å². The number of ether oxygens (including phenoxy) is 2. The lowest BCUT2D eigenvalue weighted by atomic mass is 10.1. The topological polar surface area (TPSA) is 48.7 Å². The average Bonchev–Trinajstić information content (AvgIpc) is 2.75. The fourth-order valence-electron chi connectivity index (χ4n) is 3.07. The van der Waals surface area contributed by atoms with Crippen molar-refractivity contribution < 1.29 is 13.9 Å². The fraction of sp³-hybridized carbons (Fsp3) is 0.125. The second kappa shape index (κ2) is 8.82. The third-order valence-electron chi connectivity index (χ3n) is 4.59. The van der Waals surface area contributed by atoms with Crippen LogP contribution in [0.3, 0.4) is 0 Å². The van der Waals surface area contributed by atoms with Gasteiger partial charge in [-0.25, -0.2) is 0 Å². The van der Waals surface area contributed by atoms with Crippen LogP contribution in [0.5, 0.6) is 11.5 Å². The molecule has 0 aliphatic rings. The molecule has 0 saturated carbocycles. The number of aryl methyl sites for hydroxylation is 1. The Bertz CT molecular complexity index is 1250. The molecule has 0 unspecified atom stereocenters. The SMILES string of the molecule is Cc1cc2oc(-c3ccccc3Cl)c(OCCOc3ccccc3)c(=O)c2cc1Cl. The highest BCUT2D eigenvalue weighted by Crippen LogP contribution is 2.36. The Hall–Kier alpha value is -2.95. The van der Waals surface area contributed by atoms with Crippen molar-refractivity contribution in [2.24, 2.45) is 0 Å². The van der Waals surface area contributed by atoms with Crippen molar-refractivity contribution in [2.75, 3.05) is 13.2 Å². The van der Waals surface area contributed by atoms with Crippen LogP contribution in [-0.2, 0) is 0 Å². The van der Waals surface area contributed by atoms with Gasteiger partial charge in [-0.1, -0.05) is 53.5 Å². The Morgan fingerprint density at radius 2 is 1.57 bits per heavy atom. The van der Waals surface area contributed by atoms with Gasteiger partial charge in [0, 0.05) is 10.6 Å². The highest BCUT2D eigenvalue weighted by molar-refractivity contribution is 6.33. The maximum atomic E-state index is 13.2. The van der Waals surface area contributed by atoms with Crippen molar-refractivity contribution in [2.45, 2.75) is 6.92 Å². The summed E-state index contributed by atoms with van der Waals surface area (Å²) in [6.07, 6.45) is 0. The number of rotatable bonds is 6. The molecular weight excluding hydrogens is 423 g/mol.